The molecule has 8 heteroatoms. The van der Waals surface area contributed by atoms with E-state index in [9.17, 15) is 4.79 Å². The summed E-state index contributed by atoms with van der Waals surface area (Å²) in [5.41, 5.74) is 6.41. The molecule has 0 saturated heterocycles. The third-order valence-corrected chi connectivity index (χ3v) is 3.37. The average Bonchev–Trinajstić information content (AvgIpc) is 2.76. The molecule has 0 spiro atoms. The third-order valence-electron chi connectivity index (χ3n) is 2.72. The maximum Gasteiger partial charge on any atom is 0.349 e. The van der Waals surface area contributed by atoms with E-state index in [2.05, 4.69) is 31.1 Å². The second-order valence-electron chi connectivity index (χ2n) is 4.16. The quantitative estimate of drug-likeness (QED) is 0.696. The number of nitrogens with two attached hydrogens (primary N) is 1. The number of aryl methyl sites for hydroxylation is 1. The largest absolute Gasteiger partial charge is 0.438 e. The van der Waals surface area contributed by atoms with Crippen LogP contribution in [-0.4, -0.2) is 19.6 Å². The number of nitrogens with zero attached hydrogens (tertiary/aromatic N) is 3. The number of halogens is 1. The number of nitrogen functional groups attached to an aromatic ring is 1. The SMILES string of the molecule is Cc1nc(Oc2cc(N)ccc2Br)cc2n[nH]c(=O)n12. The molecule has 0 aliphatic heterocycles. The molecule has 0 atom stereocenters. The molecule has 0 aliphatic carbocycles. The van der Waals surface area contributed by atoms with Gasteiger partial charge in [0.25, 0.3) is 0 Å². The minimum atomic E-state index is -0.332. The van der Waals surface area contributed by atoms with Gasteiger partial charge in [-0.25, -0.2) is 14.3 Å². The molecule has 2 heterocycles. The highest BCUT2D eigenvalue weighted by Crippen LogP contribution is 2.30. The molecule has 0 radical (unpaired) electrons. The van der Waals surface area contributed by atoms with Crippen molar-refractivity contribution < 1.29 is 4.74 Å². The molecule has 0 fully saturated rings. The summed E-state index contributed by atoms with van der Waals surface area (Å²) in [6.45, 7) is 1.70. The van der Waals surface area contributed by atoms with Crippen molar-refractivity contribution >= 4 is 27.3 Å². The number of fused-ring (bicyclic) bond motifs is 1. The van der Waals surface area contributed by atoms with E-state index >= 15 is 0 Å². The third kappa shape index (κ3) is 2.14. The van der Waals surface area contributed by atoms with Crippen LogP contribution in [0.25, 0.3) is 5.65 Å². The van der Waals surface area contributed by atoms with Crippen LogP contribution in [0.15, 0.2) is 33.5 Å². The highest BCUT2D eigenvalue weighted by molar-refractivity contribution is 9.10. The monoisotopic (exact) mass is 335 g/mol. The van der Waals surface area contributed by atoms with E-state index in [0.717, 1.165) is 4.47 Å². The topological polar surface area (TPSA) is 98.3 Å². The van der Waals surface area contributed by atoms with E-state index in [1.807, 2.05) is 0 Å². The van der Waals surface area contributed by atoms with Gasteiger partial charge in [0.1, 0.15) is 11.6 Å². The molecule has 1 aromatic carbocycles. The summed E-state index contributed by atoms with van der Waals surface area (Å²) in [4.78, 5) is 15.7. The van der Waals surface area contributed by atoms with Crippen molar-refractivity contribution in [2.75, 3.05) is 5.73 Å². The van der Waals surface area contributed by atoms with Gasteiger partial charge in [-0.1, -0.05) is 0 Å². The van der Waals surface area contributed by atoms with Crippen molar-refractivity contribution in [3.05, 3.63) is 45.0 Å². The number of H-pyrrole nitrogens is 1. The van der Waals surface area contributed by atoms with Gasteiger partial charge in [0.05, 0.1) is 4.47 Å². The molecule has 0 saturated carbocycles. The second-order valence-corrected chi connectivity index (χ2v) is 5.01. The van der Waals surface area contributed by atoms with Crippen LogP contribution in [-0.2, 0) is 0 Å². The lowest BCUT2D eigenvalue weighted by Crippen LogP contribution is -2.13. The van der Waals surface area contributed by atoms with Crippen molar-refractivity contribution in [2.24, 2.45) is 0 Å². The van der Waals surface area contributed by atoms with Gasteiger partial charge in [-0.3, -0.25) is 0 Å². The fraction of sp³-hybridized carbons (Fsp3) is 0.0833. The second kappa shape index (κ2) is 4.64. The van der Waals surface area contributed by atoms with Crippen LogP contribution >= 0.6 is 15.9 Å². The summed E-state index contributed by atoms with van der Waals surface area (Å²) in [5.74, 6) is 1.36. The number of hydrogen-bond acceptors (Lipinski definition) is 5. The Hall–Kier alpha value is -2.35. The van der Waals surface area contributed by atoms with Gasteiger partial charge in [-0.05, 0) is 35.0 Å². The lowest BCUT2D eigenvalue weighted by atomic mass is 10.3. The zero-order valence-corrected chi connectivity index (χ0v) is 12.0. The van der Waals surface area contributed by atoms with Gasteiger partial charge in [0.2, 0.25) is 5.88 Å². The number of anilines is 1. The van der Waals surface area contributed by atoms with Gasteiger partial charge in [0, 0.05) is 17.8 Å². The van der Waals surface area contributed by atoms with Crippen LogP contribution in [0.3, 0.4) is 0 Å². The molecule has 3 rings (SSSR count). The van der Waals surface area contributed by atoms with Crippen LogP contribution in [0.2, 0.25) is 0 Å². The summed E-state index contributed by atoms with van der Waals surface area (Å²) in [6.07, 6.45) is 0. The average molecular weight is 336 g/mol. The van der Waals surface area contributed by atoms with Gasteiger partial charge >= 0.3 is 5.69 Å². The predicted octanol–water partition coefficient (Wildman–Crippen LogP) is 1.86. The number of rotatable bonds is 2. The summed E-state index contributed by atoms with van der Waals surface area (Å²) in [5, 5.41) is 6.25. The first-order valence-corrected chi connectivity index (χ1v) is 6.51. The Kier molecular flexibility index (Phi) is 2.94. The molecule has 0 amide bonds. The van der Waals surface area contributed by atoms with Crippen molar-refractivity contribution in [3.63, 3.8) is 0 Å². The fourth-order valence-corrected chi connectivity index (χ4v) is 2.16. The van der Waals surface area contributed by atoms with Crippen LogP contribution in [0.1, 0.15) is 5.82 Å². The minimum absolute atomic E-state index is 0.332. The molecule has 3 N–H and O–H groups in total. The number of ether oxygens (including phenoxy) is 1. The van der Waals surface area contributed by atoms with E-state index in [0.29, 0.717) is 28.8 Å². The van der Waals surface area contributed by atoms with Gasteiger partial charge in [-0.15, -0.1) is 0 Å². The smallest absolute Gasteiger partial charge is 0.349 e. The van der Waals surface area contributed by atoms with Crippen molar-refractivity contribution in [1.29, 1.82) is 0 Å². The first-order chi connectivity index (χ1) is 9.54. The van der Waals surface area contributed by atoms with Crippen LogP contribution in [0.4, 0.5) is 5.69 Å². The first-order valence-electron chi connectivity index (χ1n) is 5.72. The predicted molar refractivity (Wildman–Crippen MR) is 77.0 cm³/mol. The maximum absolute atomic E-state index is 11.5. The number of nitrogens with one attached hydrogen (secondary N) is 1. The normalized spacial score (nSPS) is 10.9. The highest BCUT2D eigenvalue weighted by atomic mass is 79.9. The molecular weight excluding hydrogens is 326 g/mol. The Morgan fingerprint density at radius 1 is 1.40 bits per heavy atom. The molecule has 102 valence electrons. The van der Waals surface area contributed by atoms with Gasteiger partial charge in [0.15, 0.2) is 5.65 Å². The standard InChI is InChI=1S/C12H10BrN5O2/c1-6-15-11(5-10-16-17-12(19)18(6)10)20-9-4-7(14)2-3-8(9)13/h2-5H,14H2,1H3,(H,17,19). The van der Waals surface area contributed by atoms with E-state index in [1.165, 1.54) is 4.40 Å². The molecule has 0 unspecified atom stereocenters. The Morgan fingerprint density at radius 3 is 3.00 bits per heavy atom. The van der Waals surface area contributed by atoms with Crippen molar-refractivity contribution in [1.82, 2.24) is 19.6 Å². The van der Waals surface area contributed by atoms with Crippen molar-refractivity contribution in [3.8, 4) is 11.6 Å². The van der Waals surface area contributed by atoms with Crippen molar-refractivity contribution in [2.45, 2.75) is 6.92 Å². The summed E-state index contributed by atoms with van der Waals surface area (Å²) in [7, 11) is 0. The molecule has 2 aromatic heterocycles. The zero-order valence-electron chi connectivity index (χ0n) is 10.4. The minimum Gasteiger partial charge on any atom is -0.438 e. The van der Waals surface area contributed by atoms with E-state index in [1.54, 1.807) is 31.2 Å². The molecule has 3 aromatic rings. The molecule has 20 heavy (non-hydrogen) atoms. The number of aromatic amines is 1. The Labute approximate surface area is 121 Å². The van der Waals surface area contributed by atoms with E-state index in [4.69, 9.17) is 10.5 Å². The van der Waals surface area contributed by atoms with E-state index in [-0.39, 0.29) is 5.69 Å². The van der Waals surface area contributed by atoms with Crippen LogP contribution in [0, 0.1) is 6.92 Å². The maximum atomic E-state index is 11.5. The lowest BCUT2D eigenvalue weighted by Gasteiger charge is -2.08. The first kappa shape index (κ1) is 12.7. The summed E-state index contributed by atoms with van der Waals surface area (Å²) in [6, 6.07) is 6.80. The molecule has 0 bridgehead atoms. The zero-order chi connectivity index (χ0) is 14.3. The Morgan fingerprint density at radius 2 is 2.20 bits per heavy atom. The van der Waals surface area contributed by atoms with E-state index < -0.39 is 0 Å². The number of hydrogen-bond donors (Lipinski definition) is 2. The fourth-order valence-electron chi connectivity index (χ4n) is 1.83. The summed E-state index contributed by atoms with van der Waals surface area (Å²) >= 11 is 3.37. The molecule has 7 nitrogen and oxygen atoms in total. The highest BCUT2D eigenvalue weighted by Gasteiger charge is 2.10. The van der Waals surface area contributed by atoms with Crippen LogP contribution in [0.5, 0.6) is 11.6 Å². The van der Waals surface area contributed by atoms with Gasteiger partial charge in [-0.2, -0.15) is 10.1 Å². The lowest BCUT2D eigenvalue weighted by molar-refractivity contribution is 0.457. The van der Waals surface area contributed by atoms with Crippen LogP contribution < -0.4 is 16.2 Å². The molecular formula is C12H10BrN5O2. The number of aromatic nitrogens is 4. The molecule has 0 aliphatic rings. The summed E-state index contributed by atoms with van der Waals surface area (Å²) < 4.78 is 7.80. The Balaban J connectivity index is 2.07. The van der Waals surface area contributed by atoms with Gasteiger partial charge < -0.3 is 10.5 Å². The Bertz CT molecular complexity index is 855. The number of benzene rings is 1.